The summed E-state index contributed by atoms with van der Waals surface area (Å²) in [6, 6.07) is 87.0. The molecule has 0 aliphatic heterocycles. The van der Waals surface area contributed by atoms with E-state index >= 15 is 0 Å². The predicted octanol–water partition coefficient (Wildman–Crippen LogP) is 35.6. The summed E-state index contributed by atoms with van der Waals surface area (Å²) in [5.41, 5.74) is 16.5. The molecular weight excluding hydrogens is 1690 g/mol. The van der Waals surface area contributed by atoms with Gasteiger partial charge in [-0.1, -0.05) is 365 Å². The first kappa shape index (κ1) is 112. The van der Waals surface area contributed by atoms with Crippen molar-refractivity contribution in [3.63, 3.8) is 0 Å². The molecule has 740 valence electrons. The molecule has 16 rings (SSSR count). The highest BCUT2D eigenvalue weighted by Crippen LogP contribution is 2.46. The van der Waals surface area contributed by atoms with Crippen LogP contribution in [-0.4, -0.2) is 38.9 Å². The van der Waals surface area contributed by atoms with Gasteiger partial charge in [-0.15, -0.1) is 0 Å². The molecule has 9 heteroatoms. The Morgan fingerprint density at radius 3 is 1.43 bits per heavy atom. The number of nitrogens with zero attached hydrogens (tertiary/aromatic N) is 4. The van der Waals surface area contributed by atoms with Crippen molar-refractivity contribution in [1.29, 1.82) is 0 Å². The zero-order valence-corrected chi connectivity index (χ0v) is 89.1. The smallest absolute Gasteiger partial charge is 0.195 e. The predicted molar refractivity (Wildman–Crippen MR) is 595 cm³/mol. The van der Waals surface area contributed by atoms with E-state index in [4.69, 9.17) is 18.6 Å². The SMILES string of the molecule is CC(C)CC(c1ccccc1)c1ccccc1.CC(C)CC1CC2C=CC1C2.CC(C)Cc1ccc(-n2ccnc2)cc1.CC(C)Cc1ccc(OC(C)C)cc1.CC(C)Cc1cncc2ccccc12.CC(C)Cc1coc2ccccc2c1=O.CCCCCCCCCCOc1ccc(CC(C)C)cc1.CCn1c2ccccc2c2cc(CC(C)C)ccc21.COc1ccccc1CC(C)C. The van der Waals surface area contributed by atoms with E-state index in [1.807, 2.05) is 79.7 Å². The number of hydrogen-bond acceptors (Lipinski definition) is 7. The van der Waals surface area contributed by atoms with Crippen molar-refractivity contribution in [2.24, 2.45) is 71.0 Å². The van der Waals surface area contributed by atoms with Crippen LogP contribution in [0.15, 0.2) is 307 Å². The van der Waals surface area contributed by atoms with Crippen LogP contribution in [0.2, 0.25) is 0 Å². The van der Waals surface area contributed by atoms with E-state index in [-0.39, 0.29) is 11.5 Å². The molecule has 14 aromatic rings. The maximum Gasteiger partial charge on any atom is 0.195 e. The van der Waals surface area contributed by atoms with Gasteiger partial charge in [-0.3, -0.25) is 9.78 Å². The lowest BCUT2D eigenvalue weighted by Crippen LogP contribution is -2.10. The average Bonchev–Trinajstić information content (AvgIpc) is 1.63. The quantitative estimate of drug-likeness (QED) is 0.0289. The van der Waals surface area contributed by atoms with Gasteiger partial charge in [0.1, 0.15) is 22.8 Å². The van der Waals surface area contributed by atoms with Crippen molar-refractivity contribution in [3.05, 3.63) is 359 Å². The summed E-state index contributed by atoms with van der Waals surface area (Å²) in [4.78, 5) is 20.3. The molecule has 3 atom stereocenters. The zero-order chi connectivity index (χ0) is 99.7. The molecule has 0 N–H and O–H groups in total. The number of hydrogen-bond donors (Lipinski definition) is 0. The van der Waals surface area contributed by atoms with Gasteiger partial charge < -0.3 is 27.8 Å². The molecule has 1 saturated carbocycles. The number of aromatic nitrogens is 4. The highest BCUT2D eigenvalue weighted by Gasteiger charge is 2.35. The fourth-order valence-electron chi connectivity index (χ4n) is 18.7. The number of allylic oxidation sites excluding steroid dienone is 2. The van der Waals surface area contributed by atoms with Crippen LogP contribution in [-0.2, 0) is 51.5 Å². The lowest BCUT2D eigenvalue weighted by molar-refractivity contribution is 0.242. The van der Waals surface area contributed by atoms with Crippen molar-refractivity contribution in [1.82, 2.24) is 19.1 Å². The van der Waals surface area contributed by atoms with Crippen LogP contribution >= 0.6 is 0 Å². The molecule has 2 aliphatic carbocycles. The van der Waals surface area contributed by atoms with E-state index in [2.05, 4.69) is 377 Å². The number of imidazole rings is 1. The minimum Gasteiger partial charge on any atom is -0.496 e. The molecular formula is C129H174N4O5. The third-order valence-corrected chi connectivity index (χ3v) is 24.8. The Morgan fingerprint density at radius 2 is 0.906 bits per heavy atom. The molecule has 0 amide bonds. The van der Waals surface area contributed by atoms with Gasteiger partial charge in [-0.05, 0) is 292 Å². The van der Waals surface area contributed by atoms with E-state index in [0.29, 0.717) is 64.2 Å². The number of unbranched alkanes of at least 4 members (excludes halogenated alkanes) is 7. The van der Waals surface area contributed by atoms with Crippen LogP contribution in [0.5, 0.6) is 17.2 Å². The molecule has 2 bridgehead atoms. The van der Waals surface area contributed by atoms with E-state index in [9.17, 15) is 4.79 Å². The van der Waals surface area contributed by atoms with E-state index in [1.54, 1.807) is 19.6 Å². The minimum atomic E-state index is 0.102. The van der Waals surface area contributed by atoms with Crippen LogP contribution in [0.4, 0.5) is 0 Å². The molecule has 1 fully saturated rings. The minimum absolute atomic E-state index is 0.102. The third kappa shape index (κ3) is 40.4. The monoisotopic (exact) mass is 1860 g/mol. The van der Waals surface area contributed by atoms with Gasteiger partial charge in [0.2, 0.25) is 0 Å². The van der Waals surface area contributed by atoms with Crippen LogP contribution in [0.3, 0.4) is 0 Å². The maximum atomic E-state index is 12.0. The second-order valence-electron chi connectivity index (χ2n) is 42.3. The molecule has 0 saturated heterocycles. The molecule has 10 aromatic carbocycles. The molecule has 138 heavy (non-hydrogen) atoms. The lowest BCUT2D eigenvalue weighted by atomic mass is 9.85. The summed E-state index contributed by atoms with van der Waals surface area (Å²) >= 11 is 0. The first-order valence-corrected chi connectivity index (χ1v) is 52.7. The highest BCUT2D eigenvalue weighted by molar-refractivity contribution is 6.08. The molecule has 4 aromatic heterocycles. The number of ether oxygens (including phenoxy) is 3. The average molecular weight is 1860 g/mol. The van der Waals surface area contributed by atoms with Crippen molar-refractivity contribution in [2.45, 2.75) is 293 Å². The van der Waals surface area contributed by atoms with Gasteiger partial charge in [0, 0.05) is 75.7 Å². The summed E-state index contributed by atoms with van der Waals surface area (Å²) < 4.78 is 26.5. The molecule has 3 unspecified atom stereocenters. The number of benzene rings is 10. The Kier molecular flexibility index (Phi) is 50.0. The first-order chi connectivity index (χ1) is 66.5. The van der Waals surface area contributed by atoms with Crippen molar-refractivity contribution in [3.8, 4) is 22.9 Å². The summed E-state index contributed by atoms with van der Waals surface area (Å²) in [5, 5.41) is 6.04. The molecule has 0 spiro atoms. The second-order valence-corrected chi connectivity index (χ2v) is 42.3. The number of methoxy groups -OCH3 is 1. The standard InChI is InChI=1S/C20H34O.C18H21N.C17H20.C13H16N2.C13H15N.C13H14O2.C13H20O.C11H16O.C11H18/c1-4-5-6-7-8-9-10-11-16-21-20-14-12-19(13-15-20)17-18(2)3;1-4-19-17-8-6-5-7-15(17)16-12-14(11-13(2)3)9-10-18(16)19;1-14(2)13-17(15-9-5-3-6-10-15)16-11-7-4-8-12-16;1-11(2)9-12-3-5-13(6-4-12)15-8-7-14-10-15;1-10(2)7-12-9-14-8-11-5-3-4-6-13(11)12;1-9(2)7-10-8-15-12-6-4-3-5-11(12)13(10)14;1-10(2)9-12-5-7-13(8-6-12)14-11(3)4;1-9(2)8-10-6-4-5-7-11(10)12-3;1-8(2)5-11-7-9-3-4-10(11)6-9/h12-15,18H,4-11,16-17H2,1-3H3;5-10,12-13H,4,11H2,1-3H3;3-12,14,17H,13H2,1-2H3;3-8,10-11H,9H2,1-2H3;3-6,8-10H,7H2,1-2H3;3-6,8-9H,7H2,1-2H3;5-8,10-11H,9H2,1-4H3;4-7,9H,8H2,1-3H3;3-4,8-11H,5-7H2,1-2H3. The van der Waals surface area contributed by atoms with Crippen molar-refractivity contribution < 1.29 is 18.6 Å². The number of para-hydroxylation sites is 3. The van der Waals surface area contributed by atoms with Gasteiger partial charge in [0.15, 0.2) is 5.43 Å². The fourth-order valence-corrected chi connectivity index (χ4v) is 18.7. The molecule has 9 nitrogen and oxygen atoms in total. The molecule has 4 heterocycles. The van der Waals surface area contributed by atoms with E-state index in [1.165, 1.54) is 160 Å². The fraction of sp³-hybridized carbons (Fsp3) is 0.450. The number of fused-ring (bicyclic) bond motifs is 7. The van der Waals surface area contributed by atoms with E-state index in [0.717, 1.165) is 105 Å². The summed E-state index contributed by atoms with van der Waals surface area (Å²) in [7, 11) is 1.72. The highest BCUT2D eigenvalue weighted by atomic mass is 16.5. The normalized spacial score (nSPS) is 13.4. The Morgan fingerprint density at radius 1 is 0.413 bits per heavy atom. The van der Waals surface area contributed by atoms with Gasteiger partial charge in [0.05, 0.1) is 37.8 Å². The number of pyridine rings is 1. The van der Waals surface area contributed by atoms with Crippen LogP contribution in [0.1, 0.15) is 285 Å². The number of aryl methyl sites for hydroxylation is 1. The summed E-state index contributed by atoms with van der Waals surface area (Å²) in [5.74, 6) is 12.8. The number of rotatable bonds is 35. The topological polar surface area (TPSA) is 93.5 Å². The van der Waals surface area contributed by atoms with Gasteiger partial charge in [-0.25, -0.2) is 4.98 Å². The van der Waals surface area contributed by atoms with Crippen molar-refractivity contribution in [2.75, 3.05) is 13.7 Å². The first-order valence-electron chi connectivity index (χ1n) is 52.7. The van der Waals surface area contributed by atoms with Gasteiger partial charge >= 0.3 is 0 Å². The van der Waals surface area contributed by atoms with Crippen molar-refractivity contribution >= 4 is 43.5 Å². The Bertz CT molecular complexity index is 5640. The third-order valence-electron chi connectivity index (χ3n) is 24.8. The van der Waals surface area contributed by atoms with Crippen LogP contribution in [0.25, 0.3) is 49.2 Å². The van der Waals surface area contributed by atoms with Crippen LogP contribution in [0, 0.1) is 71.0 Å². The Hall–Kier alpha value is -11.0. The van der Waals surface area contributed by atoms with E-state index < -0.39 is 0 Å². The Balaban J connectivity index is 0.000000191. The molecule has 0 radical (unpaired) electrons. The van der Waals surface area contributed by atoms with Gasteiger partial charge in [0.25, 0.3) is 0 Å². The molecule has 2 aliphatic rings. The Labute approximate surface area is 834 Å². The maximum absolute atomic E-state index is 12.0. The van der Waals surface area contributed by atoms with Crippen LogP contribution < -0.4 is 19.6 Å². The van der Waals surface area contributed by atoms with Gasteiger partial charge in [-0.2, -0.15) is 0 Å². The second kappa shape index (κ2) is 61.4. The lowest BCUT2D eigenvalue weighted by Gasteiger charge is -2.20. The summed E-state index contributed by atoms with van der Waals surface area (Å²) in [6.07, 6.45) is 40.2. The largest absolute Gasteiger partial charge is 0.496 e. The zero-order valence-electron chi connectivity index (χ0n) is 89.1. The summed E-state index contributed by atoms with van der Waals surface area (Å²) in [6.45, 7) is 50.8.